The molecule has 1 aromatic carbocycles. The average Bonchev–Trinajstić information content (AvgIpc) is 2.99. The molecule has 4 nitrogen and oxygen atoms in total. The van der Waals surface area contributed by atoms with Crippen LogP contribution in [0.3, 0.4) is 0 Å². The van der Waals surface area contributed by atoms with Crippen molar-refractivity contribution in [2.75, 3.05) is 7.11 Å². The lowest BCUT2D eigenvalue weighted by Gasteiger charge is -2.20. The van der Waals surface area contributed by atoms with E-state index in [2.05, 4.69) is 10.6 Å². The summed E-state index contributed by atoms with van der Waals surface area (Å²) < 4.78 is 5.14. The van der Waals surface area contributed by atoms with E-state index in [-0.39, 0.29) is 17.6 Å². The van der Waals surface area contributed by atoms with Crippen LogP contribution in [0.25, 0.3) is 0 Å². The molecule has 1 aromatic rings. The third kappa shape index (κ3) is 1.77. The van der Waals surface area contributed by atoms with Crippen LogP contribution in [0.4, 0.5) is 0 Å². The van der Waals surface area contributed by atoms with E-state index < -0.39 is 0 Å². The van der Waals surface area contributed by atoms with Gasteiger partial charge in [-0.05, 0) is 30.5 Å². The molecule has 0 radical (unpaired) electrons. The highest BCUT2D eigenvalue weighted by atomic mass is 16.5. The SMILES string of the molecule is COc1ccc(C2NC(=O)C3(CCCC3)N2)cc1. The maximum absolute atomic E-state index is 12.1. The van der Waals surface area contributed by atoms with Crippen LogP contribution in [-0.2, 0) is 4.79 Å². The predicted octanol–water partition coefficient (Wildman–Crippen LogP) is 1.73. The largest absolute Gasteiger partial charge is 0.497 e. The lowest BCUT2D eigenvalue weighted by atomic mass is 9.98. The van der Waals surface area contributed by atoms with E-state index >= 15 is 0 Å². The molecule has 1 atom stereocenters. The van der Waals surface area contributed by atoms with Crippen molar-refractivity contribution < 1.29 is 9.53 Å². The molecule has 4 heteroatoms. The molecule has 96 valence electrons. The van der Waals surface area contributed by atoms with Crippen molar-refractivity contribution in [1.82, 2.24) is 10.6 Å². The van der Waals surface area contributed by atoms with Crippen LogP contribution in [0.2, 0.25) is 0 Å². The van der Waals surface area contributed by atoms with E-state index in [1.165, 1.54) is 0 Å². The fraction of sp³-hybridized carbons (Fsp3) is 0.500. The molecule has 1 spiro atoms. The summed E-state index contributed by atoms with van der Waals surface area (Å²) in [5.74, 6) is 0.986. The van der Waals surface area contributed by atoms with Crippen LogP contribution >= 0.6 is 0 Å². The van der Waals surface area contributed by atoms with Gasteiger partial charge in [-0.3, -0.25) is 10.1 Å². The Balaban J connectivity index is 1.79. The van der Waals surface area contributed by atoms with Gasteiger partial charge in [-0.1, -0.05) is 25.0 Å². The molecule has 1 unspecified atom stereocenters. The minimum Gasteiger partial charge on any atom is -0.497 e. The van der Waals surface area contributed by atoms with Gasteiger partial charge >= 0.3 is 0 Å². The third-order valence-electron chi connectivity index (χ3n) is 4.04. The van der Waals surface area contributed by atoms with E-state index in [0.29, 0.717) is 0 Å². The quantitative estimate of drug-likeness (QED) is 0.835. The van der Waals surface area contributed by atoms with Crippen molar-refractivity contribution in [3.05, 3.63) is 29.8 Å². The Kier molecular flexibility index (Phi) is 2.74. The zero-order valence-corrected chi connectivity index (χ0v) is 10.5. The third-order valence-corrected chi connectivity index (χ3v) is 4.04. The normalized spacial score (nSPS) is 25.4. The second kappa shape index (κ2) is 4.28. The van der Waals surface area contributed by atoms with Gasteiger partial charge in [-0.15, -0.1) is 0 Å². The fourth-order valence-corrected chi connectivity index (χ4v) is 2.96. The van der Waals surface area contributed by atoms with Gasteiger partial charge in [-0.2, -0.15) is 0 Å². The van der Waals surface area contributed by atoms with Crippen molar-refractivity contribution in [3.8, 4) is 5.75 Å². The summed E-state index contributed by atoms with van der Waals surface area (Å²) in [6.45, 7) is 0. The number of rotatable bonds is 2. The molecule has 2 aliphatic rings. The van der Waals surface area contributed by atoms with Gasteiger partial charge in [0, 0.05) is 0 Å². The maximum atomic E-state index is 12.1. The van der Waals surface area contributed by atoms with Gasteiger partial charge in [-0.25, -0.2) is 0 Å². The number of nitrogens with one attached hydrogen (secondary N) is 2. The lowest BCUT2D eigenvalue weighted by Crippen LogP contribution is -2.43. The average molecular weight is 246 g/mol. The monoisotopic (exact) mass is 246 g/mol. The van der Waals surface area contributed by atoms with Gasteiger partial charge in [0.05, 0.1) is 12.6 Å². The number of ether oxygens (including phenoxy) is 1. The number of benzene rings is 1. The van der Waals surface area contributed by atoms with Crippen molar-refractivity contribution in [2.24, 2.45) is 0 Å². The number of amides is 1. The highest BCUT2D eigenvalue weighted by Gasteiger charge is 2.48. The first kappa shape index (κ1) is 11.5. The molecule has 2 N–H and O–H groups in total. The fourth-order valence-electron chi connectivity index (χ4n) is 2.96. The number of carbonyl (C=O) groups excluding carboxylic acids is 1. The molecule has 1 aliphatic carbocycles. The van der Waals surface area contributed by atoms with Gasteiger partial charge in [0.25, 0.3) is 0 Å². The Labute approximate surface area is 107 Å². The molecule has 1 amide bonds. The Morgan fingerprint density at radius 2 is 1.89 bits per heavy atom. The van der Waals surface area contributed by atoms with E-state index in [9.17, 15) is 4.79 Å². The summed E-state index contributed by atoms with van der Waals surface area (Å²) in [6.07, 6.45) is 4.10. The van der Waals surface area contributed by atoms with Gasteiger partial charge < -0.3 is 10.1 Å². The summed E-state index contributed by atoms with van der Waals surface area (Å²) in [7, 11) is 1.65. The summed E-state index contributed by atoms with van der Waals surface area (Å²) in [4.78, 5) is 12.1. The number of carbonyl (C=O) groups is 1. The zero-order valence-electron chi connectivity index (χ0n) is 10.5. The molecule has 2 fully saturated rings. The molecule has 3 rings (SSSR count). The molecular formula is C14H18N2O2. The van der Waals surface area contributed by atoms with Crippen LogP contribution in [0.5, 0.6) is 5.75 Å². The van der Waals surface area contributed by atoms with Gasteiger partial charge in [0.2, 0.25) is 5.91 Å². The van der Waals surface area contributed by atoms with Crippen LogP contribution in [0, 0.1) is 0 Å². The van der Waals surface area contributed by atoms with Crippen molar-refractivity contribution in [2.45, 2.75) is 37.4 Å². The van der Waals surface area contributed by atoms with Crippen LogP contribution in [-0.4, -0.2) is 18.6 Å². The van der Waals surface area contributed by atoms with Gasteiger partial charge in [0.1, 0.15) is 11.9 Å². The van der Waals surface area contributed by atoms with Crippen LogP contribution < -0.4 is 15.4 Å². The molecule has 1 heterocycles. The highest BCUT2D eigenvalue weighted by molar-refractivity contribution is 5.89. The zero-order chi connectivity index (χ0) is 12.6. The highest BCUT2D eigenvalue weighted by Crippen LogP contribution is 2.36. The van der Waals surface area contributed by atoms with Crippen molar-refractivity contribution in [3.63, 3.8) is 0 Å². The molecular weight excluding hydrogens is 228 g/mol. The number of hydrogen-bond donors (Lipinski definition) is 2. The van der Waals surface area contributed by atoms with E-state index in [1.54, 1.807) is 7.11 Å². The summed E-state index contributed by atoms with van der Waals surface area (Å²) in [5, 5.41) is 6.52. The second-order valence-corrected chi connectivity index (χ2v) is 5.11. The first-order valence-corrected chi connectivity index (χ1v) is 6.46. The predicted molar refractivity (Wildman–Crippen MR) is 68.2 cm³/mol. The Bertz CT molecular complexity index is 449. The molecule has 18 heavy (non-hydrogen) atoms. The smallest absolute Gasteiger partial charge is 0.241 e. The van der Waals surface area contributed by atoms with Crippen molar-refractivity contribution >= 4 is 5.91 Å². The van der Waals surface area contributed by atoms with E-state index in [4.69, 9.17) is 4.74 Å². The van der Waals surface area contributed by atoms with E-state index in [1.807, 2.05) is 24.3 Å². The topological polar surface area (TPSA) is 50.4 Å². The first-order valence-electron chi connectivity index (χ1n) is 6.46. The van der Waals surface area contributed by atoms with Gasteiger partial charge in [0.15, 0.2) is 0 Å². The Morgan fingerprint density at radius 3 is 2.50 bits per heavy atom. The Hall–Kier alpha value is -1.55. The second-order valence-electron chi connectivity index (χ2n) is 5.11. The minimum atomic E-state index is -0.315. The summed E-state index contributed by atoms with van der Waals surface area (Å²) >= 11 is 0. The standard InChI is InChI=1S/C14H18N2O2/c1-18-11-6-4-10(5-7-11)12-15-13(17)14(16-12)8-2-3-9-14/h4-7,12,16H,2-3,8-9H2,1H3,(H,15,17). The summed E-state index contributed by atoms with van der Waals surface area (Å²) in [6, 6.07) is 7.82. The molecule has 1 aliphatic heterocycles. The first-order chi connectivity index (χ1) is 8.73. The van der Waals surface area contributed by atoms with Crippen LogP contribution in [0.1, 0.15) is 37.4 Å². The Morgan fingerprint density at radius 1 is 1.22 bits per heavy atom. The maximum Gasteiger partial charge on any atom is 0.241 e. The molecule has 1 saturated heterocycles. The number of hydrogen-bond acceptors (Lipinski definition) is 3. The summed E-state index contributed by atoms with van der Waals surface area (Å²) in [5.41, 5.74) is 0.762. The number of methoxy groups -OCH3 is 1. The van der Waals surface area contributed by atoms with Crippen molar-refractivity contribution in [1.29, 1.82) is 0 Å². The molecule has 0 aromatic heterocycles. The molecule has 1 saturated carbocycles. The molecule has 0 bridgehead atoms. The van der Waals surface area contributed by atoms with E-state index in [0.717, 1.165) is 37.0 Å². The lowest BCUT2D eigenvalue weighted by molar-refractivity contribution is -0.124. The van der Waals surface area contributed by atoms with Crippen LogP contribution in [0.15, 0.2) is 24.3 Å². The minimum absolute atomic E-state index is 0.0680.